The van der Waals surface area contributed by atoms with Gasteiger partial charge in [-0.25, -0.2) is 0 Å². The molecule has 0 radical (unpaired) electrons. The second-order valence-electron chi connectivity index (χ2n) is 6.25. The molecule has 1 saturated carbocycles. The van der Waals surface area contributed by atoms with E-state index in [0.717, 1.165) is 11.4 Å². The first-order valence-electron chi connectivity index (χ1n) is 8.47. The van der Waals surface area contributed by atoms with E-state index in [0.29, 0.717) is 12.1 Å². The van der Waals surface area contributed by atoms with Crippen molar-refractivity contribution in [3.63, 3.8) is 0 Å². The van der Waals surface area contributed by atoms with Crippen molar-refractivity contribution in [2.75, 3.05) is 24.4 Å². The minimum atomic E-state index is 0.435. The van der Waals surface area contributed by atoms with Crippen molar-refractivity contribution in [1.82, 2.24) is 0 Å². The number of nitrogens with one attached hydrogen (secondary N) is 1. The van der Waals surface area contributed by atoms with Crippen LogP contribution < -0.4 is 15.0 Å². The molecule has 0 aliphatic heterocycles. The van der Waals surface area contributed by atoms with E-state index in [2.05, 4.69) is 59.7 Å². The molecule has 0 saturated heterocycles. The van der Waals surface area contributed by atoms with Gasteiger partial charge in [0, 0.05) is 24.8 Å². The zero-order valence-corrected chi connectivity index (χ0v) is 14.0. The number of likely N-dealkylation sites (N-methyl/N-ethyl adjacent to an activating group) is 1. The summed E-state index contributed by atoms with van der Waals surface area (Å²) in [6.07, 6.45) is 5.00. The minimum Gasteiger partial charge on any atom is -0.495 e. The van der Waals surface area contributed by atoms with Crippen LogP contribution in [0, 0.1) is 0 Å². The number of nitrogens with zero attached hydrogens (tertiary/aromatic N) is 1. The number of benzene rings is 2. The highest BCUT2D eigenvalue weighted by atomic mass is 16.5. The zero-order valence-electron chi connectivity index (χ0n) is 14.0. The van der Waals surface area contributed by atoms with Crippen molar-refractivity contribution < 1.29 is 4.74 Å². The first kappa shape index (κ1) is 15.7. The van der Waals surface area contributed by atoms with Gasteiger partial charge < -0.3 is 15.0 Å². The molecule has 2 atom stereocenters. The number of hydrogen-bond acceptors (Lipinski definition) is 3. The highest BCUT2D eigenvalue weighted by molar-refractivity contribution is 5.57. The summed E-state index contributed by atoms with van der Waals surface area (Å²) in [7, 11) is 3.94. The van der Waals surface area contributed by atoms with E-state index in [9.17, 15) is 0 Å². The van der Waals surface area contributed by atoms with Gasteiger partial charge in [-0.1, -0.05) is 43.2 Å². The van der Waals surface area contributed by atoms with Gasteiger partial charge in [0.05, 0.1) is 12.8 Å². The third-order valence-corrected chi connectivity index (χ3v) is 4.84. The van der Waals surface area contributed by atoms with E-state index < -0.39 is 0 Å². The summed E-state index contributed by atoms with van der Waals surface area (Å²) in [5.41, 5.74) is 2.37. The van der Waals surface area contributed by atoms with Crippen LogP contribution in [0.4, 0.5) is 11.4 Å². The monoisotopic (exact) mass is 310 g/mol. The Balaban J connectivity index is 1.79. The Hall–Kier alpha value is -2.16. The molecule has 1 aliphatic rings. The van der Waals surface area contributed by atoms with Crippen LogP contribution in [0.2, 0.25) is 0 Å². The molecule has 0 heterocycles. The smallest absolute Gasteiger partial charge is 0.141 e. The lowest BCUT2D eigenvalue weighted by molar-refractivity contribution is 0.387. The van der Waals surface area contributed by atoms with Gasteiger partial charge in [0.2, 0.25) is 0 Å². The quantitative estimate of drug-likeness (QED) is 0.876. The van der Waals surface area contributed by atoms with Crippen LogP contribution in [0.3, 0.4) is 0 Å². The van der Waals surface area contributed by atoms with Crippen molar-refractivity contribution in [3.05, 3.63) is 54.6 Å². The fourth-order valence-corrected chi connectivity index (χ4v) is 3.56. The van der Waals surface area contributed by atoms with E-state index in [-0.39, 0.29) is 0 Å². The summed E-state index contributed by atoms with van der Waals surface area (Å²) in [5, 5.41) is 3.73. The molecule has 0 unspecified atom stereocenters. The summed E-state index contributed by atoms with van der Waals surface area (Å²) in [6.45, 7) is 0. The van der Waals surface area contributed by atoms with E-state index in [1.54, 1.807) is 7.11 Å². The van der Waals surface area contributed by atoms with Crippen molar-refractivity contribution in [1.29, 1.82) is 0 Å². The standard InChI is InChI=1S/C20H26N2O/c1-22(16-10-4-3-5-11-16)19-14-8-6-12-17(19)21-18-13-7-9-15-20(18)23-2/h3-5,7,9-11,13,15,17,19,21H,6,8,12,14H2,1-2H3/t17-,19-/m1/s1. The van der Waals surface area contributed by atoms with Crippen LogP contribution in [-0.2, 0) is 0 Å². The highest BCUT2D eigenvalue weighted by Crippen LogP contribution is 2.31. The van der Waals surface area contributed by atoms with Gasteiger partial charge in [0.25, 0.3) is 0 Å². The van der Waals surface area contributed by atoms with Crippen LogP contribution in [0.5, 0.6) is 5.75 Å². The molecule has 3 heteroatoms. The molecule has 2 aromatic rings. The molecule has 122 valence electrons. The number of para-hydroxylation sites is 3. The number of hydrogen-bond donors (Lipinski definition) is 1. The van der Waals surface area contributed by atoms with E-state index in [1.807, 2.05) is 12.1 Å². The van der Waals surface area contributed by atoms with E-state index in [1.165, 1.54) is 31.4 Å². The molecule has 1 N–H and O–H groups in total. The largest absolute Gasteiger partial charge is 0.495 e. The number of ether oxygens (including phenoxy) is 1. The first-order valence-corrected chi connectivity index (χ1v) is 8.47. The summed E-state index contributed by atoms with van der Waals surface area (Å²) in [6, 6.07) is 19.8. The van der Waals surface area contributed by atoms with Gasteiger partial charge in [-0.05, 0) is 37.1 Å². The molecular formula is C20H26N2O. The molecule has 3 rings (SSSR count). The summed E-state index contributed by atoms with van der Waals surface area (Å²) < 4.78 is 5.49. The molecule has 3 nitrogen and oxygen atoms in total. The fourth-order valence-electron chi connectivity index (χ4n) is 3.56. The Morgan fingerprint density at radius 3 is 2.43 bits per heavy atom. The summed E-state index contributed by atoms with van der Waals surface area (Å²) in [5.74, 6) is 0.916. The highest BCUT2D eigenvalue weighted by Gasteiger charge is 2.29. The summed E-state index contributed by atoms with van der Waals surface area (Å²) in [4.78, 5) is 2.42. The molecule has 1 fully saturated rings. The van der Waals surface area contributed by atoms with Crippen molar-refractivity contribution in [2.24, 2.45) is 0 Å². The molecule has 0 aromatic heterocycles. The zero-order chi connectivity index (χ0) is 16.1. The molecule has 0 bridgehead atoms. The maximum absolute atomic E-state index is 5.49. The Kier molecular flexibility index (Phi) is 5.06. The lowest BCUT2D eigenvalue weighted by Crippen LogP contribution is -2.47. The third kappa shape index (κ3) is 3.61. The van der Waals surface area contributed by atoms with Crippen LogP contribution >= 0.6 is 0 Å². The van der Waals surface area contributed by atoms with E-state index >= 15 is 0 Å². The molecule has 2 aromatic carbocycles. The van der Waals surface area contributed by atoms with Gasteiger partial charge in [-0.15, -0.1) is 0 Å². The molecule has 23 heavy (non-hydrogen) atoms. The average Bonchev–Trinajstić information content (AvgIpc) is 2.63. The van der Waals surface area contributed by atoms with Crippen LogP contribution in [0.25, 0.3) is 0 Å². The van der Waals surface area contributed by atoms with Gasteiger partial charge in [-0.3, -0.25) is 0 Å². The van der Waals surface area contributed by atoms with Gasteiger partial charge in [0.15, 0.2) is 0 Å². The van der Waals surface area contributed by atoms with Gasteiger partial charge in [0.1, 0.15) is 5.75 Å². The molecule has 0 amide bonds. The number of methoxy groups -OCH3 is 1. The lowest BCUT2D eigenvalue weighted by atomic mass is 9.88. The van der Waals surface area contributed by atoms with Gasteiger partial charge in [-0.2, -0.15) is 0 Å². The predicted molar refractivity (Wildman–Crippen MR) is 97.5 cm³/mol. The Morgan fingerprint density at radius 2 is 1.65 bits per heavy atom. The average molecular weight is 310 g/mol. The predicted octanol–water partition coefficient (Wildman–Crippen LogP) is 4.55. The maximum Gasteiger partial charge on any atom is 0.141 e. The van der Waals surface area contributed by atoms with Crippen LogP contribution in [0.1, 0.15) is 25.7 Å². The van der Waals surface area contributed by atoms with Crippen molar-refractivity contribution in [2.45, 2.75) is 37.8 Å². The maximum atomic E-state index is 5.49. The first-order chi connectivity index (χ1) is 11.3. The second kappa shape index (κ2) is 7.40. The lowest BCUT2D eigenvalue weighted by Gasteiger charge is -2.40. The number of anilines is 2. The normalized spacial score (nSPS) is 20.8. The second-order valence-corrected chi connectivity index (χ2v) is 6.25. The molecule has 1 aliphatic carbocycles. The summed E-state index contributed by atoms with van der Waals surface area (Å²) >= 11 is 0. The minimum absolute atomic E-state index is 0.435. The fraction of sp³-hybridized carbons (Fsp3) is 0.400. The Labute approximate surface area is 139 Å². The topological polar surface area (TPSA) is 24.5 Å². The van der Waals surface area contributed by atoms with Gasteiger partial charge >= 0.3 is 0 Å². The third-order valence-electron chi connectivity index (χ3n) is 4.84. The van der Waals surface area contributed by atoms with Crippen LogP contribution in [-0.4, -0.2) is 26.2 Å². The molecule has 0 spiro atoms. The van der Waals surface area contributed by atoms with Crippen molar-refractivity contribution >= 4 is 11.4 Å². The SMILES string of the molecule is COc1ccccc1N[C@@H]1CCCC[C@H]1N(C)c1ccccc1. The Bertz CT molecular complexity index is 614. The van der Waals surface area contributed by atoms with E-state index in [4.69, 9.17) is 4.74 Å². The van der Waals surface area contributed by atoms with Crippen molar-refractivity contribution in [3.8, 4) is 5.75 Å². The molecular weight excluding hydrogens is 284 g/mol. The Morgan fingerprint density at radius 1 is 0.957 bits per heavy atom. The van der Waals surface area contributed by atoms with Crippen LogP contribution in [0.15, 0.2) is 54.6 Å². The number of rotatable bonds is 5.